The molecule has 1 fully saturated rings. The zero-order valence-electron chi connectivity index (χ0n) is 5.89. The lowest BCUT2D eigenvalue weighted by Gasteiger charge is -2.04. The van der Waals surface area contributed by atoms with E-state index in [-0.39, 0.29) is 6.10 Å². The van der Waals surface area contributed by atoms with Gasteiger partial charge in [-0.3, -0.25) is 0 Å². The molecule has 0 radical (unpaired) electrons. The van der Waals surface area contributed by atoms with Gasteiger partial charge in [-0.25, -0.2) is 10.1 Å². The van der Waals surface area contributed by atoms with Crippen molar-refractivity contribution >= 4 is 0 Å². The van der Waals surface area contributed by atoms with Gasteiger partial charge in [-0.15, -0.1) is 0 Å². The number of rotatable bonds is 5. The van der Waals surface area contributed by atoms with Crippen molar-refractivity contribution in [1.29, 1.82) is 0 Å². The topological polar surface area (TPSA) is 66.4 Å². The molecule has 1 N–H and O–H groups in total. The second-order valence-electron chi connectivity index (χ2n) is 2.28. The maximum atomic E-state index is 7.58. The highest BCUT2D eigenvalue weighted by molar-refractivity contribution is 4.64. The van der Waals surface area contributed by atoms with E-state index < -0.39 is 0 Å². The van der Waals surface area contributed by atoms with E-state index in [1.165, 1.54) is 0 Å². The van der Waals surface area contributed by atoms with Crippen LogP contribution in [0, 0.1) is 0 Å². The molecule has 6 nitrogen and oxygen atoms in total. The molecule has 1 aliphatic rings. The molecule has 0 aromatic rings. The Morgan fingerprint density at radius 2 is 1.73 bits per heavy atom. The minimum Gasteiger partial charge on any atom is -0.219 e. The van der Waals surface area contributed by atoms with Gasteiger partial charge in [-0.1, -0.05) is 12.8 Å². The second-order valence-corrected chi connectivity index (χ2v) is 2.28. The van der Waals surface area contributed by atoms with Gasteiger partial charge >= 0.3 is 0 Å². The van der Waals surface area contributed by atoms with Gasteiger partial charge in [-0.05, 0) is 33.0 Å². The third-order valence-electron chi connectivity index (χ3n) is 1.56. The van der Waals surface area contributed by atoms with Gasteiger partial charge < -0.3 is 0 Å². The Labute approximate surface area is 63.2 Å². The van der Waals surface area contributed by atoms with Crippen LogP contribution in [0.3, 0.4) is 0 Å². The zero-order valence-corrected chi connectivity index (χ0v) is 5.89. The summed E-state index contributed by atoms with van der Waals surface area (Å²) in [6, 6.07) is 0. The molecule has 11 heavy (non-hydrogen) atoms. The van der Waals surface area contributed by atoms with Crippen molar-refractivity contribution in [1.82, 2.24) is 0 Å². The maximum absolute atomic E-state index is 7.58. The van der Waals surface area contributed by atoms with Crippen molar-refractivity contribution < 1.29 is 30.3 Å². The molecule has 0 aliphatic heterocycles. The minimum atomic E-state index is 0.0530. The van der Waals surface area contributed by atoms with Crippen molar-refractivity contribution in [2.24, 2.45) is 0 Å². The van der Waals surface area contributed by atoms with Gasteiger partial charge in [0.05, 0.1) is 6.10 Å². The van der Waals surface area contributed by atoms with Gasteiger partial charge in [0.2, 0.25) is 0 Å². The molecule has 0 aromatic heterocycles. The second kappa shape index (κ2) is 5.42. The van der Waals surface area contributed by atoms with Crippen LogP contribution in [-0.4, -0.2) is 11.4 Å². The Morgan fingerprint density at radius 3 is 2.36 bits per heavy atom. The summed E-state index contributed by atoms with van der Waals surface area (Å²) in [6.45, 7) is 0. The van der Waals surface area contributed by atoms with E-state index in [1.54, 1.807) is 0 Å². The highest BCUT2D eigenvalue weighted by atomic mass is 17.8. The summed E-state index contributed by atoms with van der Waals surface area (Å²) in [5.74, 6) is 0. The van der Waals surface area contributed by atoms with Crippen molar-refractivity contribution in [2.75, 3.05) is 0 Å². The van der Waals surface area contributed by atoms with Crippen LogP contribution < -0.4 is 0 Å². The zero-order chi connectivity index (χ0) is 7.94. The summed E-state index contributed by atoms with van der Waals surface area (Å²) in [5, 5.41) is 22.0. The number of hydrogen-bond donors (Lipinski definition) is 1. The van der Waals surface area contributed by atoms with E-state index in [0.29, 0.717) is 0 Å². The smallest absolute Gasteiger partial charge is 0.0962 e. The first-order chi connectivity index (χ1) is 5.43. The fourth-order valence-electron chi connectivity index (χ4n) is 1.08. The summed E-state index contributed by atoms with van der Waals surface area (Å²) < 4.78 is 0. The molecule has 0 aromatic carbocycles. The van der Waals surface area contributed by atoms with E-state index in [4.69, 9.17) is 5.26 Å². The van der Waals surface area contributed by atoms with E-state index in [2.05, 4.69) is 25.0 Å². The standard InChI is InChI=1S/C5H10O6/c6-8-10-11-9-7-5-3-1-2-4-5/h5-6H,1-4H2. The molecule has 0 unspecified atom stereocenters. The first-order valence-corrected chi connectivity index (χ1v) is 3.40. The lowest BCUT2D eigenvalue weighted by molar-refractivity contribution is -0.756. The van der Waals surface area contributed by atoms with Gasteiger partial charge in [-0.2, -0.15) is 0 Å². The third kappa shape index (κ3) is 3.61. The first-order valence-electron chi connectivity index (χ1n) is 3.40. The van der Waals surface area contributed by atoms with Crippen LogP contribution >= 0.6 is 0 Å². The average molecular weight is 166 g/mol. The lowest BCUT2D eigenvalue weighted by atomic mass is 10.3. The van der Waals surface area contributed by atoms with Crippen LogP contribution in [-0.2, 0) is 25.0 Å². The van der Waals surface area contributed by atoms with Gasteiger partial charge in [0.15, 0.2) is 0 Å². The molecular weight excluding hydrogens is 156 g/mol. The van der Waals surface area contributed by atoms with Gasteiger partial charge in [0.1, 0.15) is 0 Å². The van der Waals surface area contributed by atoms with Crippen molar-refractivity contribution in [3.63, 3.8) is 0 Å². The minimum absolute atomic E-state index is 0.0530. The van der Waals surface area contributed by atoms with E-state index in [0.717, 1.165) is 25.7 Å². The first kappa shape index (κ1) is 8.85. The monoisotopic (exact) mass is 166 g/mol. The van der Waals surface area contributed by atoms with Crippen LogP contribution in [0.15, 0.2) is 0 Å². The normalized spacial score (nSPS) is 19.4. The predicted molar refractivity (Wildman–Crippen MR) is 30.3 cm³/mol. The summed E-state index contributed by atoms with van der Waals surface area (Å²) >= 11 is 0. The predicted octanol–water partition coefficient (Wildman–Crippen LogP) is 1.15. The Morgan fingerprint density at radius 1 is 1.00 bits per heavy atom. The van der Waals surface area contributed by atoms with E-state index in [1.807, 2.05) is 0 Å². The quantitative estimate of drug-likeness (QED) is 0.375. The molecule has 1 aliphatic carbocycles. The molecule has 1 rings (SSSR count). The average Bonchev–Trinajstić information content (AvgIpc) is 2.50. The Bertz CT molecular complexity index is 91.0. The fourth-order valence-corrected chi connectivity index (χ4v) is 1.08. The van der Waals surface area contributed by atoms with Crippen LogP contribution in [0.5, 0.6) is 0 Å². The molecule has 0 saturated heterocycles. The largest absolute Gasteiger partial charge is 0.219 e. The Balaban J connectivity index is 1.86. The Kier molecular flexibility index (Phi) is 4.36. The van der Waals surface area contributed by atoms with Gasteiger partial charge in [0.25, 0.3) is 0 Å². The molecular formula is C5H10O6. The SMILES string of the molecule is OOOOOOC1CCCC1. The number of hydrogen-bond acceptors (Lipinski definition) is 6. The van der Waals surface area contributed by atoms with E-state index in [9.17, 15) is 0 Å². The van der Waals surface area contributed by atoms with Crippen molar-refractivity contribution in [3.8, 4) is 0 Å². The van der Waals surface area contributed by atoms with E-state index >= 15 is 0 Å². The molecule has 0 atom stereocenters. The van der Waals surface area contributed by atoms with Gasteiger partial charge in [0, 0.05) is 0 Å². The molecule has 0 heterocycles. The molecule has 0 bridgehead atoms. The highest BCUT2D eigenvalue weighted by Gasteiger charge is 2.16. The molecule has 66 valence electrons. The lowest BCUT2D eigenvalue weighted by Crippen LogP contribution is -2.08. The fraction of sp³-hybridized carbons (Fsp3) is 1.00. The molecule has 0 spiro atoms. The Hall–Kier alpha value is -0.240. The highest BCUT2D eigenvalue weighted by Crippen LogP contribution is 2.20. The third-order valence-corrected chi connectivity index (χ3v) is 1.56. The van der Waals surface area contributed by atoms with Crippen molar-refractivity contribution in [2.45, 2.75) is 31.8 Å². The summed E-state index contributed by atoms with van der Waals surface area (Å²) in [6.07, 6.45) is 4.21. The van der Waals surface area contributed by atoms with Crippen LogP contribution in [0.1, 0.15) is 25.7 Å². The molecule has 6 heteroatoms. The molecule has 0 amide bonds. The summed E-state index contributed by atoms with van der Waals surface area (Å²) in [7, 11) is 0. The maximum Gasteiger partial charge on any atom is 0.0962 e. The van der Waals surface area contributed by atoms with Crippen molar-refractivity contribution in [3.05, 3.63) is 0 Å². The summed E-state index contributed by atoms with van der Waals surface area (Å²) in [5.41, 5.74) is 0. The van der Waals surface area contributed by atoms with Crippen LogP contribution in [0.4, 0.5) is 0 Å². The van der Waals surface area contributed by atoms with Crippen LogP contribution in [0.2, 0.25) is 0 Å². The van der Waals surface area contributed by atoms with Crippen LogP contribution in [0.25, 0.3) is 0 Å². The molecule has 1 saturated carbocycles. The summed E-state index contributed by atoms with van der Waals surface area (Å²) in [4.78, 5) is 4.67.